The van der Waals surface area contributed by atoms with Crippen molar-refractivity contribution < 1.29 is 9.90 Å². The molecule has 0 saturated heterocycles. The number of aliphatic carboxylic acids is 1. The van der Waals surface area contributed by atoms with Crippen LogP contribution in [0, 0.1) is 5.92 Å². The summed E-state index contributed by atoms with van der Waals surface area (Å²) in [7, 11) is 0. The van der Waals surface area contributed by atoms with Gasteiger partial charge in [-0.25, -0.2) is 0 Å². The van der Waals surface area contributed by atoms with Crippen LogP contribution in [0.5, 0.6) is 0 Å². The fourth-order valence-electron chi connectivity index (χ4n) is 2.11. The van der Waals surface area contributed by atoms with E-state index in [0.29, 0.717) is 12.3 Å². The number of fused-ring (bicyclic) bond motifs is 1. The van der Waals surface area contributed by atoms with Crippen LogP contribution in [-0.4, -0.2) is 17.6 Å². The summed E-state index contributed by atoms with van der Waals surface area (Å²) in [5.74, 6) is -0.709. The van der Waals surface area contributed by atoms with Gasteiger partial charge in [0.2, 0.25) is 0 Å². The normalized spacial score (nSPS) is 20.0. The second kappa shape index (κ2) is 4.45. The third-order valence-electron chi connectivity index (χ3n) is 3.05. The molecular formula is C12H14BrNO2. The quantitative estimate of drug-likeness (QED) is 0.896. The first-order chi connectivity index (χ1) is 7.58. The number of hydrogen-bond acceptors (Lipinski definition) is 2. The minimum Gasteiger partial charge on any atom is -0.481 e. The Morgan fingerprint density at radius 3 is 3.12 bits per heavy atom. The van der Waals surface area contributed by atoms with Gasteiger partial charge in [0.05, 0.1) is 5.92 Å². The maximum atomic E-state index is 10.8. The van der Waals surface area contributed by atoms with Crippen molar-refractivity contribution in [3.63, 3.8) is 0 Å². The number of halogens is 1. The number of hydrogen-bond donors (Lipinski definition) is 2. The van der Waals surface area contributed by atoms with E-state index in [1.165, 1.54) is 5.56 Å². The molecule has 1 aromatic carbocycles. The largest absolute Gasteiger partial charge is 0.481 e. The Morgan fingerprint density at radius 2 is 2.44 bits per heavy atom. The smallest absolute Gasteiger partial charge is 0.306 e. The molecule has 4 heteroatoms. The van der Waals surface area contributed by atoms with Crippen LogP contribution in [-0.2, 0) is 4.79 Å². The SMILES string of the molecule is CC(CC1CNc2ccc(Br)cc21)C(=O)O. The topological polar surface area (TPSA) is 49.3 Å². The number of anilines is 1. The molecule has 0 radical (unpaired) electrons. The van der Waals surface area contributed by atoms with Gasteiger partial charge in [0.15, 0.2) is 0 Å². The summed E-state index contributed by atoms with van der Waals surface area (Å²) in [4.78, 5) is 10.8. The number of carbonyl (C=O) groups is 1. The zero-order chi connectivity index (χ0) is 11.7. The number of rotatable bonds is 3. The third kappa shape index (κ3) is 2.21. The minimum atomic E-state index is -0.719. The van der Waals surface area contributed by atoms with Crippen LogP contribution in [0.3, 0.4) is 0 Å². The maximum Gasteiger partial charge on any atom is 0.306 e. The monoisotopic (exact) mass is 283 g/mol. The summed E-state index contributed by atoms with van der Waals surface area (Å²) < 4.78 is 1.04. The molecule has 3 nitrogen and oxygen atoms in total. The van der Waals surface area contributed by atoms with Gasteiger partial charge in [-0.1, -0.05) is 22.9 Å². The lowest BCUT2D eigenvalue weighted by Gasteiger charge is -2.13. The van der Waals surface area contributed by atoms with Crippen LogP contribution in [0.15, 0.2) is 22.7 Å². The molecule has 0 aliphatic carbocycles. The van der Waals surface area contributed by atoms with E-state index in [1.54, 1.807) is 6.92 Å². The Morgan fingerprint density at radius 1 is 1.69 bits per heavy atom. The molecule has 0 aromatic heterocycles. The first-order valence-corrected chi connectivity index (χ1v) is 6.13. The molecule has 0 saturated carbocycles. The summed E-state index contributed by atoms with van der Waals surface area (Å²) in [5.41, 5.74) is 2.35. The van der Waals surface area contributed by atoms with Gasteiger partial charge >= 0.3 is 5.97 Å². The highest BCUT2D eigenvalue weighted by molar-refractivity contribution is 9.10. The molecular weight excluding hydrogens is 270 g/mol. The van der Waals surface area contributed by atoms with E-state index in [0.717, 1.165) is 16.7 Å². The van der Waals surface area contributed by atoms with Gasteiger partial charge in [-0.15, -0.1) is 0 Å². The third-order valence-corrected chi connectivity index (χ3v) is 3.55. The van der Waals surface area contributed by atoms with Crippen LogP contribution >= 0.6 is 15.9 Å². The molecule has 2 rings (SSSR count). The van der Waals surface area contributed by atoms with Crippen molar-refractivity contribution in [2.24, 2.45) is 5.92 Å². The van der Waals surface area contributed by atoms with Crippen molar-refractivity contribution in [3.05, 3.63) is 28.2 Å². The van der Waals surface area contributed by atoms with E-state index in [2.05, 4.69) is 27.3 Å². The van der Waals surface area contributed by atoms with Gasteiger partial charge in [-0.2, -0.15) is 0 Å². The van der Waals surface area contributed by atoms with Crippen molar-refractivity contribution in [1.29, 1.82) is 0 Å². The van der Waals surface area contributed by atoms with Crippen LogP contribution in [0.1, 0.15) is 24.8 Å². The highest BCUT2D eigenvalue weighted by atomic mass is 79.9. The number of carboxylic acid groups (broad SMARTS) is 1. The van der Waals surface area contributed by atoms with Gasteiger partial charge in [0, 0.05) is 22.6 Å². The highest BCUT2D eigenvalue weighted by Gasteiger charge is 2.26. The second-order valence-corrected chi connectivity index (χ2v) is 5.20. The number of carboxylic acids is 1. The van der Waals surface area contributed by atoms with Gasteiger partial charge in [-0.3, -0.25) is 4.79 Å². The zero-order valence-electron chi connectivity index (χ0n) is 9.03. The molecule has 0 bridgehead atoms. The van der Waals surface area contributed by atoms with Crippen molar-refractivity contribution in [1.82, 2.24) is 0 Å². The van der Waals surface area contributed by atoms with Crippen molar-refractivity contribution >= 4 is 27.6 Å². The van der Waals surface area contributed by atoms with Crippen molar-refractivity contribution in [2.75, 3.05) is 11.9 Å². The Balaban J connectivity index is 2.17. The maximum absolute atomic E-state index is 10.8. The van der Waals surface area contributed by atoms with Crippen molar-refractivity contribution in [2.45, 2.75) is 19.3 Å². The summed E-state index contributed by atoms with van der Waals surface area (Å²) in [6.45, 7) is 2.60. The lowest BCUT2D eigenvalue weighted by atomic mass is 9.91. The molecule has 0 fully saturated rings. The molecule has 1 aromatic rings. The van der Waals surface area contributed by atoms with E-state index in [9.17, 15) is 4.79 Å². The summed E-state index contributed by atoms with van der Waals surface area (Å²) >= 11 is 3.44. The molecule has 2 atom stereocenters. The summed E-state index contributed by atoms with van der Waals surface area (Å²) in [5, 5.41) is 12.2. The van der Waals surface area contributed by atoms with Gasteiger partial charge < -0.3 is 10.4 Å². The number of nitrogens with one attached hydrogen (secondary N) is 1. The fraction of sp³-hybridized carbons (Fsp3) is 0.417. The van der Waals surface area contributed by atoms with E-state index in [4.69, 9.17) is 5.11 Å². The van der Waals surface area contributed by atoms with E-state index in [-0.39, 0.29) is 5.92 Å². The predicted molar refractivity (Wildman–Crippen MR) is 66.8 cm³/mol. The van der Waals surface area contributed by atoms with Crippen LogP contribution in [0.2, 0.25) is 0 Å². The van der Waals surface area contributed by atoms with E-state index >= 15 is 0 Å². The molecule has 0 spiro atoms. The van der Waals surface area contributed by atoms with E-state index < -0.39 is 5.97 Å². The van der Waals surface area contributed by atoms with Gasteiger partial charge in [0.1, 0.15) is 0 Å². The first-order valence-electron chi connectivity index (χ1n) is 5.34. The summed E-state index contributed by atoms with van der Waals surface area (Å²) in [6.07, 6.45) is 0.686. The van der Waals surface area contributed by atoms with E-state index in [1.807, 2.05) is 12.1 Å². The molecule has 1 heterocycles. The Labute approximate surface area is 103 Å². The summed E-state index contributed by atoms with van der Waals surface area (Å²) in [6, 6.07) is 6.11. The average Bonchev–Trinajstić information content (AvgIpc) is 2.61. The Hall–Kier alpha value is -1.03. The molecule has 2 N–H and O–H groups in total. The Bertz CT molecular complexity index is 419. The molecule has 16 heavy (non-hydrogen) atoms. The molecule has 1 aliphatic heterocycles. The highest BCUT2D eigenvalue weighted by Crippen LogP contribution is 2.37. The van der Waals surface area contributed by atoms with Crippen LogP contribution in [0.4, 0.5) is 5.69 Å². The first kappa shape index (κ1) is 11.5. The molecule has 0 amide bonds. The van der Waals surface area contributed by atoms with Gasteiger partial charge in [0.25, 0.3) is 0 Å². The minimum absolute atomic E-state index is 0.295. The lowest BCUT2D eigenvalue weighted by Crippen LogP contribution is -2.14. The molecule has 86 valence electrons. The predicted octanol–water partition coefficient (Wildman–Crippen LogP) is 3.07. The number of benzene rings is 1. The van der Waals surface area contributed by atoms with Gasteiger partial charge in [-0.05, 0) is 30.2 Å². The molecule has 2 unspecified atom stereocenters. The Kier molecular flexibility index (Phi) is 3.19. The second-order valence-electron chi connectivity index (χ2n) is 4.28. The fourth-order valence-corrected chi connectivity index (χ4v) is 2.49. The van der Waals surface area contributed by atoms with Crippen molar-refractivity contribution in [3.8, 4) is 0 Å². The van der Waals surface area contributed by atoms with Crippen LogP contribution < -0.4 is 5.32 Å². The molecule has 1 aliphatic rings. The standard InChI is InChI=1S/C12H14BrNO2/c1-7(12(15)16)4-8-6-14-11-3-2-9(13)5-10(8)11/h2-3,5,7-8,14H,4,6H2,1H3,(H,15,16). The lowest BCUT2D eigenvalue weighted by molar-refractivity contribution is -0.141. The average molecular weight is 284 g/mol. The zero-order valence-corrected chi connectivity index (χ0v) is 10.6. The van der Waals surface area contributed by atoms with Crippen LogP contribution in [0.25, 0.3) is 0 Å².